The van der Waals surface area contributed by atoms with Crippen LogP contribution in [0.3, 0.4) is 0 Å². The van der Waals surface area contributed by atoms with E-state index in [0.717, 1.165) is 5.56 Å². The average molecular weight is 317 g/mol. The molecular weight excluding hydrogens is 302 g/mol. The Morgan fingerprint density at radius 1 is 1.00 bits per heavy atom. The number of aliphatic hydroxyl groups excluding tert-OH is 1. The van der Waals surface area contributed by atoms with Gasteiger partial charge in [-0.15, -0.1) is 0 Å². The van der Waals surface area contributed by atoms with E-state index in [0.29, 0.717) is 17.1 Å². The summed E-state index contributed by atoms with van der Waals surface area (Å²) < 4.78 is 1.35. The van der Waals surface area contributed by atoms with Crippen LogP contribution in [0, 0.1) is 11.3 Å². The molecule has 0 saturated carbocycles. The monoisotopic (exact) mass is 317 g/mol. The molecule has 1 N–H and O–H groups in total. The molecule has 1 aromatic heterocycles. The molecule has 3 rings (SSSR count). The summed E-state index contributed by atoms with van der Waals surface area (Å²) in [5.41, 5.74) is 1.36. The zero-order valence-electron chi connectivity index (χ0n) is 12.9. The third-order valence-electron chi connectivity index (χ3n) is 3.68. The first-order chi connectivity index (χ1) is 11.8. The summed E-state index contributed by atoms with van der Waals surface area (Å²) in [6, 6.07) is 20.4. The number of hydrogen-bond donors (Lipinski definition) is 1. The zero-order valence-corrected chi connectivity index (χ0v) is 12.9. The SMILES string of the molecule is N#Cc1c(-c2ccccc2)nc(-c2ccccc2)n(CCO)c1=O. The molecule has 1 heterocycles. The second-order valence-electron chi connectivity index (χ2n) is 5.18. The van der Waals surface area contributed by atoms with Crippen LogP contribution < -0.4 is 5.56 Å². The number of rotatable bonds is 4. The molecular formula is C19H15N3O2. The van der Waals surface area contributed by atoms with Crippen molar-refractivity contribution < 1.29 is 5.11 Å². The number of nitriles is 1. The first kappa shape index (κ1) is 15.7. The summed E-state index contributed by atoms with van der Waals surface area (Å²) in [7, 11) is 0. The summed E-state index contributed by atoms with van der Waals surface area (Å²) in [6.07, 6.45) is 0. The van der Waals surface area contributed by atoms with Crippen molar-refractivity contribution in [1.82, 2.24) is 9.55 Å². The zero-order chi connectivity index (χ0) is 16.9. The summed E-state index contributed by atoms with van der Waals surface area (Å²) in [5, 5.41) is 18.7. The Labute approximate surface area is 139 Å². The highest BCUT2D eigenvalue weighted by molar-refractivity contribution is 5.69. The Kier molecular flexibility index (Phi) is 4.50. The van der Waals surface area contributed by atoms with E-state index in [-0.39, 0.29) is 18.7 Å². The number of aromatic nitrogens is 2. The van der Waals surface area contributed by atoms with Crippen molar-refractivity contribution >= 4 is 0 Å². The van der Waals surface area contributed by atoms with Crippen LogP contribution in [0.1, 0.15) is 5.56 Å². The molecule has 0 aliphatic carbocycles. The molecule has 118 valence electrons. The molecule has 5 nitrogen and oxygen atoms in total. The molecule has 0 bridgehead atoms. The predicted molar refractivity (Wildman–Crippen MR) is 91.2 cm³/mol. The summed E-state index contributed by atoms with van der Waals surface area (Å²) >= 11 is 0. The molecule has 5 heteroatoms. The van der Waals surface area contributed by atoms with Crippen LogP contribution in [0.2, 0.25) is 0 Å². The van der Waals surface area contributed by atoms with E-state index >= 15 is 0 Å². The van der Waals surface area contributed by atoms with Crippen molar-refractivity contribution in [3.05, 3.63) is 76.6 Å². The molecule has 0 fully saturated rings. The molecule has 24 heavy (non-hydrogen) atoms. The molecule has 0 amide bonds. The third-order valence-corrected chi connectivity index (χ3v) is 3.68. The predicted octanol–water partition coefficient (Wildman–Crippen LogP) is 2.44. The number of hydrogen-bond acceptors (Lipinski definition) is 4. The Bertz CT molecular complexity index is 942. The van der Waals surface area contributed by atoms with E-state index in [2.05, 4.69) is 4.98 Å². The molecule has 0 saturated heterocycles. The average Bonchev–Trinajstić information content (AvgIpc) is 2.64. The van der Waals surface area contributed by atoms with Crippen LogP contribution in [-0.2, 0) is 6.54 Å². The van der Waals surface area contributed by atoms with E-state index < -0.39 is 5.56 Å². The lowest BCUT2D eigenvalue weighted by Crippen LogP contribution is -2.28. The van der Waals surface area contributed by atoms with Gasteiger partial charge < -0.3 is 5.11 Å². The highest BCUT2D eigenvalue weighted by Crippen LogP contribution is 2.23. The van der Waals surface area contributed by atoms with Crippen molar-refractivity contribution in [2.24, 2.45) is 0 Å². The minimum atomic E-state index is -0.445. The van der Waals surface area contributed by atoms with E-state index in [1.807, 2.05) is 66.7 Å². The van der Waals surface area contributed by atoms with Crippen molar-refractivity contribution in [3.8, 4) is 28.7 Å². The first-order valence-corrected chi connectivity index (χ1v) is 7.53. The summed E-state index contributed by atoms with van der Waals surface area (Å²) in [6.45, 7) is -0.128. The van der Waals surface area contributed by atoms with Crippen LogP contribution in [0.15, 0.2) is 65.5 Å². The van der Waals surface area contributed by atoms with Gasteiger partial charge in [-0.1, -0.05) is 60.7 Å². The van der Waals surface area contributed by atoms with Gasteiger partial charge in [-0.2, -0.15) is 5.26 Å². The van der Waals surface area contributed by atoms with Gasteiger partial charge in [0.15, 0.2) is 0 Å². The number of aliphatic hydroxyl groups is 1. The smallest absolute Gasteiger partial charge is 0.272 e. The molecule has 3 aromatic rings. The highest BCUT2D eigenvalue weighted by Gasteiger charge is 2.18. The fourth-order valence-electron chi connectivity index (χ4n) is 2.58. The summed E-state index contributed by atoms with van der Waals surface area (Å²) in [5.74, 6) is 0.438. The van der Waals surface area contributed by atoms with E-state index in [4.69, 9.17) is 0 Å². The van der Waals surface area contributed by atoms with Crippen molar-refractivity contribution in [2.75, 3.05) is 6.61 Å². The van der Waals surface area contributed by atoms with Crippen LogP contribution in [-0.4, -0.2) is 21.3 Å². The quantitative estimate of drug-likeness (QED) is 0.801. The van der Waals surface area contributed by atoms with Gasteiger partial charge in [-0.3, -0.25) is 9.36 Å². The Hall–Kier alpha value is -3.23. The molecule has 0 spiro atoms. The lowest BCUT2D eigenvalue weighted by molar-refractivity contribution is 0.274. The van der Waals surface area contributed by atoms with Gasteiger partial charge in [0.25, 0.3) is 5.56 Å². The first-order valence-electron chi connectivity index (χ1n) is 7.53. The molecule has 0 unspecified atom stereocenters. The molecule has 0 radical (unpaired) electrons. The van der Waals surface area contributed by atoms with E-state index in [9.17, 15) is 15.2 Å². The Balaban J connectivity index is 2.35. The molecule has 2 aromatic carbocycles. The minimum Gasteiger partial charge on any atom is -0.395 e. The number of nitrogens with zero attached hydrogens (tertiary/aromatic N) is 3. The van der Waals surface area contributed by atoms with Gasteiger partial charge in [0.2, 0.25) is 0 Å². The van der Waals surface area contributed by atoms with Gasteiger partial charge >= 0.3 is 0 Å². The van der Waals surface area contributed by atoms with Crippen LogP contribution in [0.25, 0.3) is 22.6 Å². The Morgan fingerprint density at radius 2 is 1.58 bits per heavy atom. The lowest BCUT2D eigenvalue weighted by atomic mass is 10.1. The molecule has 0 atom stereocenters. The van der Waals surface area contributed by atoms with Gasteiger partial charge in [-0.25, -0.2) is 4.98 Å². The van der Waals surface area contributed by atoms with Crippen LogP contribution in [0.4, 0.5) is 0 Å². The lowest BCUT2D eigenvalue weighted by Gasteiger charge is -2.14. The van der Waals surface area contributed by atoms with Gasteiger partial charge in [-0.05, 0) is 0 Å². The Morgan fingerprint density at radius 3 is 2.12 bits per heavy atom. The van der Waals surface area contributed by atoms with Gasteiger partial charge in [0.05, 0.1) is 18.8 Å². The third kappa shape index (κ3) is 2.83. The maximum absolute atomic E-state index is 12.8. The molecule has 0 aliphatic heterocycles. The minimum absolute atomic E-state index is 0.0191. The highest BCUT2D eigenvalue weighted by atomic mass is 16.3. The van der Waals surface area contributed by atoms with Crippen molar-refractivity contribution in [3.63, 3.8) is 0 Å². The second-order valence-corrected chi connectivity index (χ2v) is 5.18. The van der Waals surface area contributed by atoms with E-state index in [1.165, 1.54) is 4.57 Å². The van der Waals surface area contributed by atoms with Crippen LogP contribution >= 0.6 is 0 Å². The fourth-order valence-corrected chi connectivity index (χ4v) is 2.58. The largest absolute Gasteiger partial charge is 0.395 e. The molecule has 0 aliphatic rings. The van der Waals surface area contributed by atoms with Crippen molar-refractivity contribution in [1.29, 1.82) is 5.26 Å². The maximum atomic E-state index is 12.8. The second kappa shape index (κ2) is 6.90. The number of benzene rings is 2. The summed E-state index contributed by atoms with van der Waals surface area (Å²) in [4.78, 5) is 17.4. The topological polar surface area (TPSA) is 78.9 Å². The van der Waals surface area contributed by atoms with Gasteiger partial charge in [0, 0.05) is 11.1 Å². The standard InChI is InChI=1S/C19H15N3O2/c20-13-16-17(14-7-3-1-4-8-14)21-18(15-9-5-2-6-10-15)22(11-12-23)19(16)24/h1-10,23H,11-12H2. The van der Waals surface area contributed by atoms with E-state index in [1.54, 1.807) is 0 Å². The fraction of sp³-hybridized carbons (Fsp3) is 0.105. The van der Waals surface area contributed by atoms with Crippen LogP contribution in [0.5, 0.6) is 0 Å². The normalized spacial score (nSPS) is 10.3. The van der Waals surface area contributed by atoms with Gasteiger partial charge in [0.1, 0.15) is 17.5 Å². The van der Waals surface area contributed by atoms with Crippen molar-refractivity contribution in [2.45, 2.75) is 6.54 Å². The maximum Gasteiger partial charge on any atom is 0.272 e.